The molecule has 0 amide bonds. The van der Waals surface area contributed by atoms with Gasteiger partial charge < -0.3 is 19.7 Å². The average molecular weight is 440 g/mol. The van der Waals surface area contributed by atoms with Crippen LogP contribution in [-0.4, -0.2) is 56.5 Å². The highest BCUT2D eigenvalue weighted by Crippen LogP contribution is 2.65. The van der Waals surface area contributed by atoms with Crippen LogP contribution in [0.4, 0.5) is 5.69 Å². The molecule has 2 N–H and O–H groups in total. The van der Waals surface area contributed by atoms with E-state index in [1.54, 1.807) is 0 Å². The number of fused-ring (bicyclic) bond motifs is 2. The lowest BCUT2D eigenvalue weighted by Crippen LogP contribution is -2.59. The van der Waals surface area contributed by atoms with Crippen molar-refractivity contribution in [3.63, 3.8) is 0 Å². The minimum Gasteiger partial charge on any atom is -0.456 e. The van der Waals surface area contributed by atoms with Crippen LogP contribution in [0.1, 0.15) is 16.8 Å². The second-order valence-electron chi connectivity index (χ2n) is 7.88. The van der Waals surface area contributed by atoms with E-state index in [0.717, 1.165) is 6.42 Å². The average Bonchev–Trinajstić information content (AvgIpc) is 3.28. The van der Waals surface area contributed by atoms with Gasteiger partial charge in [-0.15, -0.1) is 0 Å². The van der Waals surface area contributed by atoms with Crippen molar-refractivity contribution in [3.05, 3.63) is 39.9 Å². The molecule has 4 fully saturated rings. The molecule has 1 saturated heterocycles. The maximum Gasteiger partial charge on any atom is 0.338 e. The number of halogens is 1. The van der Waals surface area contributed by atoms with E-state index in [2.05, 4.69) is 15.9 Å². The fourth-order valence-electron chi connectivity index (χ4n) is 5.73. The van der Waals surface area contributed by atoms with Gasteiger partial charge >= 0.3 is 5.97 Å². The molecule has 144 valence electrons. The van der Waals surface area contributed by atoms with Crippen LogP contribution in [0.3, 0.4) is 0 Å². The SMILES string of the molecule is O=C(O[C@H]1C2C3[C@@H]4C[C@H]2[C@@H](Br)[C@@H]4O[C@@H]3[C@@H](O)[C@H]1O)c1ccc([N+](=O)[O-])cc1. The predicted molar refractivity (Wildman–Crippen MR) is 94.3 cm³/mol. The number of esters is 1. The summed E-state index contributed by atoms with van der Waals surface area (Å²) in [6, 6.07) is 5.13. The quantitative estimate of drug-likeness (QED) is 0.315. The monoisotopic (exact) mass is 439 g/mol. The van der Waals surface area contributed by atoms with Gasteiger partial charge in [-0.1, -0.05) is 15.9 Å². The topological polar surface area (TPSA) is 119 Å². The van der Waals surface area contributed by atoms with E-state index in [0.29, 0.717) is 5.92 Å². The number of nitrogens with zero attached hydrogens (tertiary/aromatic N) is 1. The van der Waals surface area contributed by atoms with Gasteiger partial charge in [0.05, 0.1) is 22.7 Å². The van der Waals surface area contributed by atoms with E-state index in [9.17, 15) is 25.1 Å². The second-order valence-corrected chi connectivity index (χ2v) is 8.94. The number of aliphatic hydroxyl groups is 2. The smallest absolute Gasteiger partial charge is 0.338 e. The van der Waals surface area contributed by atoms with Gasteiger partial charge in [0, 0.05) is 22.9 Å². The number of non-ortho nitro benzene ring substituents is 1. The van der Waals surface area contributed by atoms with Crippen LogP contribution in [0.5, 0.6) is 0 Å². The molecule has 8 nitrogen and oxygen atoms in total. The Morgan fingerprint density at radius 2 is 1.85 bits per heavy atom. The molecule has 0 aromatic heterocycles. The van der Waals surface area contributed by atoms with Gasteiger partial charge in [0.15, 0.2) is 0 Å². The first-order chi connectivity index (χ1) is 12.9. The number of aliphatic hydroxyl groups excluding tert-OH is 2. The van der Waals surface area contributed by atoms with Crippen LogP contribution in [0.15, 0.2) is 24.3 Å². The fraction of sp³-hybridized carbons (Fsp3) is 0.611. The molecule has 9 heteroatoms. The largest absolute Gasteiger partial charge is 0.456 e. The van der Waals surface area contributed by atoms with E-state index < -0.39 is 35.3 Å². The van der Waals surface area contributed by atoms with E-state index in [-0.39, 0.29) is 39.9 Å². The zero-order valence-corrected chi connectivity index (χ0v) is 15.6. The normalized spacial score (nSPS) is 46.5. The molecule has 0 radical (unpaired) electrons. The van der Waals surface area contributed by atoms with Crippen LogP contribution in [0.25, 0.3) is 0 Å². The summed E-state index contributed by atoms with van der Waals surface area (Å²) in [6.45, 7) is 0. The Morgan fingerprint density at radius 1 is 1.15 bits per heavy atom. The predicted octanol–water partition coefficient (Wildman–Crippen LogP) is 1.27. The Kier molecular flexibility index (Phi) is 3.88. The third-order valence-electron chi connectivity index (χ3n) is 6.78. The van der Waals surface area contributed by atoms with Crippen molar-refractivity contribution in [1.29, 1.82) is 0 Å². The van der Waals surface area contributed by atoms with Crippen molar-refractivity contribution in [1.82, 2.24) is 0 Å². The number of ether oxygens (including phenoxy) is 2. The van der Waals surface area contributed by atoms with Crippen molar-refractivity contribution < 1.29 is 29.4 Å². The summed E-state index contributed by atoms with van der Waals surface area (Å²) in [5.41, 5.74) is 0.0513. The first kappa shape index (κ1) is 17.5. The number of rotatable bonds is 3. The Hall–Kier alpha value is -1.55. The summed E-state index contributed by atoms with van der Waals surface area (Å²) in [5.74, 6) is -0.154. The molecule has 3 saturated carbocycles. The van der Waals surface area contributed by atoms with Gasteiger partial charge in [-0.25, -0.2) is 4.79 Å². The number of carbonyl (C=O) groups excluding carboxylic acids is 1. The Morgan fingerprint density at radius 3 is 2.52 bits per heavy atom. The summed E-state index contributed by atoms with van der Waals surface area (Å²) in [7, 11) is 0. The zero-order valence-electron chi connectivity index (χ0n) is 14.1. The maximum atomic E-state index is 12.6. The molecule has 27 heavy (non-hydrogen) atoms. The third kappa shape index (κ3) is 2.35. The summed E-state index contributed by atoms with van der Waals surface area (Å²) < 4.78 is 11.7. The highest BCUT2D eigenvalue weighted by atomic mass is 79.9. The standard InChI is InChI=1S/C18H18BrNO7/c19-12-8-5-9-11-10(8)17(14(22)13(21)16(11)26-15(9)12)27-18(23)6-1-3-7(4-2-6)20(24)25/h1-4,8-17,21-22H,5H2/t8-,9+,10?,11?,12-,13+,14-,15-,16+,17+/m1/s1. The third-order valence-corrected chi connectivity index (χ3v) is 7.98. The number of hydrogen-bond donors (Lipinski definition) is 2. The van der Waals surface area contributed by atoms with Crippen molar-refractivity contribution in [2.45, 2.75) is 41.8 Å². The van der Waals surface area contributed by atoms with Crippen LogP contribution in [0, 0.1) is 33.8 Å². The zero-order chi connectivity index (χ0) is 19.0. The first-order valence-electron chi connectivity index (χ1n) is 8.99. The molecule has 1 aromatic carbocycles. The minimum atomic E-state index is -1.23. The molecule has 2 unspecified atom stereocenters. The van der Waals surface area contributed by atoms with Gasteiger partial charge in [0.25, 0.3) is 5.69 Å². The lowest BCUT2D eigenvalue weighted by Gasteiger charge is -2.45. The van der Waals surface area contributed by atoms with Crippen LogP contribution in [-0.2, 0) is 9.47 Å². The summed E-state index contributed by atoms with van der Waals surface area (Å²) >= 11 is 3.69. The summed E-state index contributed by atoms with van der Waals surface area (Å²) in [5, 5.41) is 31.9. The number of nitro benzene ring substituents is 1. The molecule has 3 aliphatic carbocycles. The van der Waals surface area contributed by atoms with Crippen molar-refractivity contribution >= 4 is 27.6 Å². The van der Waals surface area contributed by atoms with E-state index in [1.165, 1.54) is 24.3 Å². The number of benzene rings is 1. The molecular formula is C18H18BrNO7. The lowest BCUT2D eigenvalue weighted by molar-refractivity contribution is -0.384. The maximum absolute atomic E-state index is 12.6. The second kappa shape index (κ2) is 5.97. The molecule has 1 aliphatic heterocycles. The molecule has 5 rings (SSSR count). The molecule has 4 aliphatic rings. The van der Waals surface area contributed by atoms with Gasteiger partial charge in [-0.3, -0.25) is 10.1 Å². The minimum absolute atomic E-state index is 0.0345. The van der Waals surface area contributed by atoms with Crippen molar-refractivity contribution in [2.24, 2.45) is 23.7 Å². The van der Waals surface area contributed by atoms with E-state index in [1.807, 2.05) is 0 Å². The van der Waals surface area contributed by atoms with Gasteiger partial charge in [0.1, 0.15) is 18.3 Å². The van der Waals surface area contributed by atoms with E-state index in [4.69, 9.17) is 9.47 Å². The highest BCUT2D eigenvalue weighted by Gasteiger charge is 2.71. The number of nitro groups is 1. The Balaban J connectivity index is 1.41. The number of carbonyl (C=O) groups is 1. The number of hydrogen-bond acceptors (Lipinski definition) is 7. The molecule has 2 bridgehead atoms. The lowest BCUT2D eigenvalue weighted by atomic mass is 9.67. The van der Waals surface area contributed by atoms with Gasteiger partial charge in [-0.2, -0.15) is 0 Å². The van der Waals surface area contributed by atoms with Gasteiger partial charge in [0.2, 0.25) is 0 Å². The van der Waals surface area contributed by atoms with Gasteiger partial charge in [-0.05, 0) is 36.3 Å². The summed E-state index contributed by atoms with van der Waals surface area (Å²) in [6.07, 6.45) is -2.63. The van der Waals surface area contributed by atoms with Crippen molar-refractivity contribution in [3.8, 4) is 0 Å². The Bertz CT molecular complexity index is 801. The first-order valence-corrected chi connectivity index (χ1v) is 9.91. The Labute approximate surface area is 162 Å². The summed E-state index contributed by atoms with van der Waals surface area (Å²) in [4.78, 5) is 22.9. The molecule has 10 atom stereocenters. The van der Waals surface area contributed by atoms with E-state index >= 15 is 0 Å². The van der Waals surface area contributed by atoms with Crippen LogP contribution < -0.4 is 0 Å². The van der Waals surface area contributed by atoms with Crippen molar-refractivity contribution in [2.75, 3.05) is 0 Å². The fourth-order valence-corrected chi connectivity index (χ4v) is 6.82. The molecular weight excluding hydrogens is 422 g/mol. The van der Waals surface area contributed by atoms with Crippen LogP contribution in [0.2, 0.25) is 0 Å². The highest BCUT2D eigenvalue weighted by molar-refractivity contribution is 9.09. The molecule has 0 spiro atoms. The molecule has 1 aromatic rings. The molecule has 1 heterocycles. The van der Waals surface area contributed by atoms with Crippen LogP contribution >= 0.6 is 15.9 Å². The number of alkyl halides is 1.